The third-order valence-electron chi connectivity index (χ3n) is 4.26. The van der Waals surface area contributed by atoms with Gasteiger partial charge in [-0.25, -0.2) is 4.98 Å². The zero-order chi connectivity index (χ0) is 17.2. The molecule has 0 atom stereocenters. The van der Waals surface area contributed by atoms with E-state index in [2.05, 4.69) is 9.88 Å². The predicted octanol–water partition coefficient (Wildman–Crippen LogP) is 0.288. The monoisotopic (exact) mass is 362 g/mol. The van der Waals surface area contributed by atoms with Crippen molar-refractivity contribution in [2.45, 2.75) is 6.54 Å². The number of hydrogen-bond donors (Lipinski definition) is 0. The fourth-order valence-electron chi connectivity index (χ4n) is 2.94. The number of ether oxygens (including phenoxy) is 2. The molecule has 4 heterocycles. The van der Waals surface area contributed by atoms with E-state index in [1.54, 1.807) is 21.6 Å². The molecular weight excluding hydrogens is 344 g/mol. The summed E-state index contributed by atoms with van der Waals surface area (Å²) in [5.74, 6) is 0.147. The average Bonchev–Trinajstić information content (AvgIpc) is 3.12. The number of carbonyl (C=O) groups is 1. The predicted molar refractivity (Wildman–Crippen MR) is 91.2 cm³/mol. The molecule has 4 rings (SSSR count). The SMILES string of the molecule is O=C(C1=COCCO1)N1CCN(Cc2cc(=O)n3ccsc3n2)CC1. The third kappa shape index (κ3) is 3.38. The smallest absolute Gasteiger partial charge is 0.292 e. The summed E-state index contributed by atoms with van der Waals surface area (Å²) in [7, 11) is 0. The maximum atomic E-state index is 12.4. The zero-order valence-corrected chi connectivity index (χ0v) is 14.4. The number of aromatic nitrogens is 2. The molecule has 0 radical (unpaired) electrons. The van der Waals surface area contributed by atoms with Crippen LogP contribution in [0.15, 0.2) is 34.5 Å². The van der Waals surface area contributed by atoms with Crippen molar-refractivity contribution in [3.63, 3.8) is 0 Å². The van der Waals surface area contributed by atoms with E-state index >= 15 is 0 Å². The van der Waals surface area contributed by atoms with Crippen LogP contribution in [0.1, 0.15) is 5.69 Å². The average molecular weight is 362 g/mol. The second-order valence-electron chi connectivity index (χ2n) is 5.91. The van der Waals surface area contributed by atoms with Crippen LogP contribution in [0.3, 0.4) is 0 Å². The van der Waals surface area contributed by atoms with Gasteiger partial charge in [0.05, 0.1) is 5.69 Å². The molecule has 0 N–H and O–H groups in total. The minimum absolute atomic E-state index is 0.0588. The Morgan fingerprint density at radius 3 is 2.84 bits per heavy atom. The van der Waals surface area contributed by atoms with Gasteiger partial charge in [0, 0.05) is 50.4 Å². The molecule has 1 amide bonds. The molecule has 2 aromatic rings. The highest BCUT2D eigenvalue weighted by molar-refractivity contribution is 7.15. The molecule has 1 fully saturated rings. The molecule has 1 saturated heterocycles. The van der Waals surface area contributed by atoms with Gasteiger partial charge in [-0.05, 0) is 0 Å². The second-order valence-corrected chi connectivity index (χ2v) is 6.78. The number of hydrogen-bond acceptors (Lipinski definition) is 7. The van der Waals surface area contributed by atoms with Gasteiger partial charge in [-0.15, -0.1) is 11.3 Å². The largest absolute Gasteiger partial charge is 0.494 e. The normalized spacial score (nSPS) is 18.6. The lowest BCUT2D eigenvalue weighted by molar-refractivity contribution is -0.134. The van der Waals surface area contributed by atoms with Gasteiger partial charge in [-0.2, -0.15) is 0 Å². The van der Waals surface area contributed by atoms with Crippen molar-refractivity contribution in [2.75, 3.05) is 39.4 Å². The highest BCUT2D eigenvalue weighted by atomic mass is 32.1. The molecular formula is C16H18N4O4S. The summed E-state index contributed by atoms with van der Waals surface area (Å²) in [5.41, 5.74) is 0.704. The van der Waals surface area contributed by atoms with Gasteiger partial charge in [0.15, 0.2) is 4.96 Å². The number of thiazole rings is 1. The van der Waals surface area contributed by atoms with Crippen molar-refractivity contribution in [3.8, 4) is 0 Å². The summed E-state index contributed by atoms with van der Waals surface area (Å²) < 4.78 is 12.0. The van der Waals surface area contributed by atoms with Gasteiger partial charge in [-0.1, -0.05) is 0 Å². The first-order valence-electron chi connectivity index (χ1n) is 8.13. The number of amides is 1. The third-order valence-corrected chi connectivity index (χ3v) is 5.02. The molecule has 0 bridgehead atoms. The minimum atomic E-state index is -0.129. The van der Waals surface area contributed by atoms with Gasteiger partial charge in [0.25, 0.3) is 11.5 Å². The number of carbonyl (C=O) groups excluding carboxylic acids is 1. The zero-order valence-electron chi connectivity index (χ0n) is 13.6. The van der Waals surface area contributed by atoms with E-state index in [1.807, 2.05) is 5.38 Å². The van der Waals surface area contributed by atoms with Crippen LogP contribution in [-0.4, -0.2) is 64.5 Å². The molecule has 8 nitrogen and oxygen atoms in total. The van der Waals surface area contributed by atoms with Crippen molar-refractivity contribution in [3.05, 3.63) is 45.7 Å². The van der Waals surface area contributed by atoms with Gasteiger partial charge < -0.3 is 14.4 Å². The summed E-state index contributed by atoms with van der Waals surface area (Å²) in [6.45, 7) is 4.17. The molecule has 132 valence electrons. The molecule has 9 heteroatoms. The molecule has 0 aliphatic carbocycles. The fourth-order valence-corrected chi connectivity index (χ4v) is 3.68. The van der Waals surface area contributed by atoms with Gasteiger partial charge in [0.2, 0.25) is 5.76 Å². The Balaban J connectivity index is 1.37. The van der Waals surface area contributed by atoms with Gasteiger partial charge in [-0.3, -0.25) is 18.9 Å². The quantitative estimate of drug-likeness (QED) is 0.781. The first kappa shape index (κ1) is 16.1. The van der Waals surface area contributed by atoms with E-state index in [-0.39, 0.29) is 17.2 Å². The fraction of sp³-hybridized carbons (Fsp3) is 0.438. The minimum Gasteiger partial charge on any atom is -0.494 e. The van der Waals surface area contributed by atoms with Crippen molar-refractivity contribution in [2.24, 2.45) is 0 Å². The number of nitrogens with zero attached hydrogens (tertiary/aromatic N) is 4. The Labute approximate surface area is 147 Å². The topological polar surface area (TPSA) is 76.4 Å². The van der Waals surface area contributed by atoms with Crippen molar-refractivity contribution in [1.29, 1.82) is 0 Å². The van der Waals surface area contributed by atoms with Crippen molar-refractivity contribution >= 4 is 22.2 Å². The summed E-state index contributed by atoms with van der Waals surface area (Å²) >= 11 is 1.45. The standard InChI is InChI=1S/C16H18N4O4S/c21-14-9-12(17-16-20(14)5-8-25-16)10-18-1-3-19(4-2-18)15(22)13-11-23-6-7-24-13/h5,8-9,11H,1-4,6-7,10H2. The Morgan fingerprint density at radius 1 is 1.24 bits per heavy atom. The van der Waals surface area contributed by atoms with E-state index in [9.17, 15) is 9.59 Å². The number of rotatable bonds is 3. The number of fused-ring (bicyclic) bond motifs is 1. The van der Waals surface area contributed by atoms with Crippen molar-refractivity contribution < 1.29 is 14.3 Å². The lowest BCUT2D eigenvalue weighted by atomic mass is 10.2. The van der Waals surface area contributed by atoms with Crippen LogP contribution in [0.4, 0.5) is 0 Å². The lowest BCUT2D eigenvalue weighted by Crippen LogP contribution is -2.49. The Morgan fingerprint density at radius 2 is 2.08 bits per heavy atom. The van der Waals surface area contributed by atoms with E-state index in [0.717, 1.165) is 18.8 Å². The molecule has 2 aliphatic heterocycles. The summed E-state index contributed by atoms with van der Waals surface area (Å²) in [6, 6.07) is 1.58. The van der Waals surface area contributed by atoms with E-state index in [0.29, 0.717) is 37.8 Å². The van der Waals surface area contributed by atoms with Gasteiger partial charge >= 0.3 is 0 Å². The summed E-state index contributed by atoms with van der Waals surface area (Å²) in [4.78, 5) is 33.6. The van der Waals surface area contributed by atoms with Crippen LogP contribution < -0.4 is 5.56 Å². The molecule has 25 heavy (non-hydrogen) atoms. The highest BCUT2D eigenvalue weighted by Gasteiger charge is 2.26. The Hall–Kier alpha value is -2.39. The number of piperazine rings is 1. The van der Waals surface area contributed by atoms with Crippen LogP contribution in [0.2, 0.25) is 0 Å². The van der Waals surface area contributed by atoms with Crippen LogP contribution in [0, 0.1) is 0 Å². The Kier molecular flexibility index (Phi) is 4.41. The maximum Gasteiger partial charge on any atom is 0.292 e. The second kappa shape index (κ2) is 6.85. The first-order chi connectivity index (χ1) is 12.2. The van der Waals surface area contributed by atoms with E-state index < -0.39 is 0 Å². The molecule has 2 aliphatic rings. The maximum absolute atomic E-state index is 12.4. The van der Waals surface area contributed by atoms with Crippen LogP contribution in [-0.2, 0) is 20.8 Å². The molecule has 0 aromatic carbocycles. The lowest BCUT2D eigenvalue weighted by Gasteiger charge is -2.34. The van der Waals surface area contributed by atoms with Crippen LogP contribution in [0.5, 0.6) is 0 Å². The van der Waals surface area contributed by atoms with Crippen LogP contribution >= 0.6 is 11.3 Å². The van der Waals surface area contributed by atoms with E-state index in [4.69, 9.17) is 9.47 Å². The summed E-state index contributed by atoms with van der Waals surface area (Å²) in [6.07, 6.45) is 3.13. The molecule has 0 spiro atoms. The highest BCUT2D eigenvalue weighted by Crippen LogP contribution is 2.13. The van der Waals surface area contributed by atoms with Crippen molar-refractivity contribution in [1.82, 2.24) is 19.2 Å². The Bertz CT molecular complexity index is 866. The first-order valence-corrected chi connectivity index (χ1v) is 9.01. The summed E-state index contributed by atoms with van der Waals surface area (Å²) in [5, 5.41) is 1.85. The molecule has 0 unspecified atom stereocenters. The van der Waals surface area contributed by atoms with Gasteiger partial charge in [0.1, 0.15) is 19.5 Å². The molecule has 0 saturated carbocycles. The molecule has 2 aromatic heterocycles. The van der Waals surface area contributed by atoms with Crippen LogP contribution in [0.25, 0.3) is 4.96 Å². The van der Waals surface area contributed by atoms with E-state index in [1.165, 1.54) is 17.6 Å².